The zero-order chi connectivity index (χ0) is 15.1. The fraction of sp³-hybridized carbons (Fsp3) is 0.294. The molecule has 0 radical (unpaired) electrons. The van der Waals surface area contributed by atoms with Crippen molar-refractivity contribution in [2.75, 3.05) is 18.5 Å². The van der Waals surface area contributed by atoms with Gasteiger partial charge in [0, 0.05) is 17.8 Å². The first-order valence-electron chi connectivity index (χ1n) is 6.95. The molecular formula is C17H20FNO2. The van der Waals surface area contributed by atoms with E-state index in [-0.39, 0.29) is 19.0 Å². The number of ether oxygens (including phenoxy) is 1. The highest BCUT2D eigenvalue weighted by Gasteiger charge is 2.06. The minimum atomic E-state index is -0.641. The van der Waals surface area contributed by atoms with Crippen LogP contribution in [0.3, 0.4) is 0 Å². The zero-order valence-corrected chi connectivity index (χ0v) is 12.1. The van der Waals surface area contributed by atoms with Gasteiger partial charge in [-0.1, -0.05) is 30.3 Å². The van der Waals surface area contributed by atoms with E-state index >= 15 is 0 Å². The van der Waals surface area contributed by atoms with Gasteiger partial charge in [0.2, 0.25) is 0 Å². The lowest BCUT2D eigenvalue weighted by Crippen LogP contribution is -2.24. The molecule has 1 atom stereocenters. The summed E-state index contributed by atoms with van der Waals surface area (Å²) in [4.78, 5) is 0. The molecule has 0 spiro atoms. The van der Waals surface area contributed by atoms with Crippen LogP contribution < -0.4 is 5.32 Å². The van der Waals surface area contributed by atoms with Gasteiger partial charge in [-0.2, -0.15) is 0 Å². The van der Waals surface area contributed by atoms with Crippen LogP contribution in [0.5, 0.6) is 0 Å². The van der Waals surface area contributed by atoms with Crippen LogP contribution in [0.4, 0.5) is 10.1 Å². The first kappa shape index (κ1) is 15.5. The number of anilines is 1. The molecule has 0 bridgehead atoms. The van der Waals surface area contributed by atoms with Crippen LogP contribution in [-0.2, 0) is 11.3 Å². The standard InChI is InChI=1S/C17H20FNO2/c1-13-5-4-7-15(9-13)19-10-16(20)12-21-11-14-6-2-3-8-17(14)18/h2-9,16,19-20H,10-12H2,1H3. The number of aliphatic hydroxyl groups is 1. The van der Waals surface area contributed by atoms with Gasteiger partial charge in [-0.05, 0) is 30.7 Å². The highest BCUT2D eigenvalue weighted by molar-refractivity contribution is 5.45. The Bertz CT molecular complexity index is 574. The van der Waals surface area contributed by atoms with E-state index in [1.165, 1.54) is 6.07 Å². The maximum absolute atomic E-state index is 13.4. The summed E-state index contributed by atoms with van der Waals surface area (Å²) in [5.41, 5.74) is 2.62. The van der Waals surface area contributed by atoms with Gasteiger partial charge in [0.05, 0.1) is 19.3 Å². The molecular weight excluding hydrogens is 269 g/mol. The smallest absolute Gasteiger partial charge is 0.128 e. The summed E-state index contributed by atoms with van der Waals surface area (Å²) in [6.07, 6.45) is -0.641. The highest BCUT2D eigenvalue weighted by atomic mass is 19.1. The number of hydrogen-bond acceptors (Lipinski definition) is 3. The quantitative estimate of drug-likeness (QED) is 0.823. The van der Waals surface area contributed by atoms with E-state index in [2.05, 4.69) is 5.32 Å². The molecule has 3 nitrogen and oxygen atoms in total. The summed E-state index contributed by atoms with van der Waals surface area (Å²) in [6.45, 7) is 2.72. The number of benzene rings is 2. The maximum atomic E-state index is 13.4. The molecule has 2 rings (SSSR count). The molecule has 0 saturated heterocycles. The van der Waals surface area contributed by atoms with Crippen molar-refractivity contribution in [3.63, 3.8) is 0 Å². The second-order valence-electron chi connectivity index (χ2n) is 5.01. The Kier molecular flexibility index (Phi) is 5.72. The molecule has 0 heterocycles. The minimum Gasteiger partial charge on any atom is -0.389 e. The highest BCUT2D eigenvalue weighted by Crippen LogP contribution is 2.10. The molecule has 0 aromatic heterocycles. The van der Waals surface area contributed by atoms with Gasteiger partial charge in [-0.25, -0.2) is 4.39 Å². The molecule has 21 heavy (non-hydrogen) atoms. The van der Waals surface area contributed by atoms with Crippen LogP contribution in [0, 0.1) is 12.7 Å². The fourth-order valence-corrected chi connectivity index (χ4v) is 1.97. The van der Waals surface area contributed by atoms with Crippen LogP contribution in [0.2, 0.25) is 0 Å². The van der Waals surface area contributed by atoms with Gasteiger partial charge in [0.1, 0.15) is 5.82 Å². The summed E-state index contributed by atoms with van der Waals surface area (Å²) in [7, 11) is 0. The molecule has 0 aliphatic rings. The Morgan fingerprint density at radius 2 is 2.00 bits per heavy atom. The van der Waals surface area contributed by atoms with Gasteiger partial charge in [0.25, 0.3) is 0 Å². The number of hydrogen-bond donors (Lipinski definition) is 2. The van der Waals surface area contributed by atoms with E-state index < -0.39 is 6.10 Å². The van der Waals surface area contributed by atoms with Crippen molar-refractivity contribution in [1.82, 2.24) is 0 Å². The molecule has 4 heteroatoms. The largest absolute Gasteiger partial charge is 0.389 e. The molecule has 0 saturated carbocycles. The third-order valence-electron chi connectivity index (χ3n) is 3.09. The van der Waals surface area contributed by atoms with Gasteiger partial charge < -0.3 is 15.2 Å². The van der Waals surface area contributed by atoms with Crippen LogP contribution in [0.25, 0.3) is 0 Å². The van der Waals surface area contributed by atoms with Crippen molar-refractivity contribution in [2.45, 2.75) is 19.6 Å². The lowest BCUT2D eigenvalue weighted by atomic mass is 10.2. The van der Waals surface area contributed by atoms with E-state index in [4.69, 9.17) is 4.74 Å². The van der Waals surface area contributed by atoms with Crippen molar-refractivity contribution < 1.29 is 14.2 Å². The molecule has 0 amide bonds. The SMILES string of the molecule is Cc1cccc(NCC(O)COCc2ccccc2F)c1. The summed E-state index contributed by atoms with van der Waals surface area (Å²) >= 11 is 0. The van der Waals surface area contributed by atoms with Gasteiger partial charge >= 0.3 is 0 Å². The van der Waals surface area contributed by atoms with Crippen molar-refractivity contribution >= 4 is 5.69 Å². The van der Waals surface area contributed by atoms with Gasteiger partial charge in [-0.15, -0.1) is 0 Å². The predicted octanol–water partition coefficient (Wildman–Crippen LogP) is 3.12. The lowest BCUT2D eigenvalue weighted by molar-refractivity contribution is 0.0338. The topological polar surface area (TPSA) is 41.5 Å². The molecule has 1 unspecified atom stereocenters. The number of rotatable bonds is 7. The third kappa shape index (κ3) is 5.17. The molecule has 2 aromatic carbocycles. The first-order chi connectivity index (χ1) is 10.1. The Morgan fingerprint density at radius 3 is 2.76 bits per heavy atom. The first-order valence-corrected chi connectivity index (χ1v) is 6.95. The monoisotopic (exact) mass is 289 g/mol. The number of nitrogens with one attached hydrogen (secondary N) is 1. The maximum Gasteiger partial charge on any atom is 0.128 e. The van der Waals surface area contributed by atoms with Gasteiger partial charge in [-0.3, -0.25) is 0 Å². The van der Waals surface area contributed by atoms with Crippen LogP contribution in [0.1, 0.15) is 11.1 Å². The summed E-state index contributed by atoms with van der Waals surface area (Å²) in [5, 5.41) is 13.0. The van der Waals surface area contributed by atoms with E-state index in [0.717, 1.165) is 11.3 Å². The Balaban J connectivity index is 1.70. The summed E-state index contributed by atoms with van der Waals surface area (Å²) in [6, 6.07) is 14.4. The number of halogens is 1. The van der Waals surface area contributed by atoms with Crippen LogP contribution in [0.15, 0.2) is 48.5 Å². The van der Waals surface area contributed by atoms with E-state index in [9.17, 15) is 9.50 Å². The lowest BCUT2D eigenvalue weighted by Gasteiger charge is -2.14. The molecule has 2 N–H and O–H groups in total. The van der Waals surface area contributed by atoms with E-state index in [0.29, 0.717) is 12.1 Å². The molecule has 0 aliphatic carbocycles. The van der Waals surface area contributed by atoms with Crippen molar-refractivity contribution in [1.29, 1.82) is 0 Å². The molecule has 0 fully saturated rings. The summed E-state index contributed by atoms with van der Waals surface area (Å²) in [5.74, 6) is -0.287. The van der Waals surface area contributed by atoms with E-state index in [1.54, 1.807) is 18.2 Å². The van der Waals surface area contributed by atoms with Crippen LogP contribution in [-0.4, -0.2) is 24.4 Å². The average molecular weight is 289 g/mol. The molecule has 2 aromatic rings. The van der Waals surface area contributed by atoms with Crippen LogP contribution >= 0.6 is 0 Å². The van der Waals surface area contributed by atoms with E-state index in [1.807, 2.05) is 31.2 Å². The van der Waals surface area contributed by atoms with Crippen molar-refractivity contribution in [2.24, 2.45) is 0 Å². The van der Waals surface area contributed by atoms with Gasteiger partial charge in [0.15, 0.2) is 0 Å². The fourth-order valence-electron chi connectivity index (χ4n) is 1.97. The minimum absolute atomic E-state index is 0.160. The average Bonchev–Trinajstić information content (AvgIpc) is 2.47. The second kappa shape index (κ2) is 7.76. The molecule has 0 aliphatic heterocycles. The predicted molar refractivity (Wildman–Crippen MR) is 81.7 cm³/mol. The third-order valence-corrected chi connectivity index (χ3v) is 3.09. The number of aryl methyl sites for hydroxylation is 1. The van der Waals surface area contributed by atoms with Crippen molar-refractivity contribution in [3.8, 4) is 0 Å². The second-order valence-corrected chi connectivity index (χ2v) is 5.01. The zero-order valence-electron chi connectivity index (χ0n) is 12.1. The summed E-state index contributed by atoms with van der Waals surface area (Å²) < 4.78 is 18.7. The normalized spacial score (nSPS) is 12.1. The molecule has 112 valence electrons. The van der Waals surface area contributed by atoms with Crippen molar-refractivity contribution in [3.05, 3.63) is 65.5 Å². The number of aliphatic hydroxyl groups excluding tert-OH is 1. The Morgan fingerprint density at radius 1 is 1.19 bits per heavy atom. The Labute approximate surface area is 124 Å². The Hall–Kier alpha value is -1.91.